The van der Waals surface area contributed by atoms with Crippen LogP contribution >= 0.6 is 0 Å². The quantitative estimate of drug-likeness (QED) is 0.160. The minimum Gasteiger partial charge on any atom is -0.462 e. The Bertz CT molecular complexity index is 1530. The van der Waals surface area contributed by atoms with E-state index in [0.717, 1.165) is 17.6 Å². The maximum Gasteiger partial charge on any atom is 0.343 e. The van der Waals surface area contributed by atoms with Crippen molar-refractivity contribution in [1.29, 1.82) is 0 Å². The van der Waals surface area contributed by atoms with Gasteiger partial charge in [0.05, 0.1) is 11.7 Å². The van der Waals surface area contributed by atoms with Crippen molar-refractivity contribution in [2.24, 2.45) is 10.8 Å². The number of epoxide rings is 2. The van der Waals surface area contributed by atoms with E-state index in [1.165, 1.54) is 6.92 Å². The van der Waals surface area contributed by atoms with E-state index in [1.807, 2.05) is 56.4 Å². The predicted molar refractivity (Wildman–Crippen MR) is 178 cm³/mol. The highest BCUT2D eigenvalue weighted by Gasteiger charge is 2.76. The van der Waals surface area contributed by atoms with Gasteiger partial charge in [-0.15, -0.1) is 0 Å². The first-order valence-electron chi connectivity index (χ1n) is 16.3. The summed E-state index contributed by atoms with van der Waals surface area (Å²) in [7, 11) is 0. The average molecular weight is 631 g/mol. The molecule has 4 fully saturated rings. The van der Waals surface area contributed by atoms with Crippen molar-refractivity contribution >= 4 is 11.9 Å². The summed E-state index contributed by atoms with van der Waals surface area (Å²) in [6.45, 7) is 18.2. The number of aliphatic hydroxyl groups excluding tert-OH is 1. The Hall–Kier alpha value is -3.26. The van der Waals surface area contributed by atoms with Crippen LogP contribution in [-0.4, -0.2) is 51.7 Å². The zero-order valence-corrected chi connectivity index (χ0v) is 28.8. The summed E-state index contributed by atoms with van der Waals surface area (Å²) in [5, 5.41) is 10.3. The highest BCUT2D eigenvalue weighted by atomic mass is 16.6. The van der Waals surface area contributed by atoms with E-state index >= 15 is 0 Å². The predicted octanol–water partition coefficient (Wildman–Crippen LogP) is 7.46. The number of hydrogen-bond acceptors (Lipinski definition) is 7. The zero-order valence-electron chi connectivity index (χ0n) is 28.8. The number of carbonyl (C=O) groups excluding carboxylic acids is 2. The van der Waals surface area contributed by atoms with Crippen LogP contribution in [0.1, 0.15) is 88.0 Å². The number of fused-ring (bicyclic) bond motifs is 2. The second-order valence-electron chi connectivity index (χ2n) is 15.4. The molecule has 0 amide bonds. The molecule has 46 heavy (non-hydrogen) atoms. The first kappa shape index (κ1) is 34.1. The lowest BCUT2D eigenvalue weighted by Crippen LogP contribution is -2.47. The highest BCUT2D eigenvalue weighted by molar-refractivity contribution is 5.95. The van der Waals surface area contributed by atoms with Gasteiger partial charge < -0.3 is 24.1 Å². The fourth-order valence-corrected chi connectivity index (χ4v) is 8.36. The molecule has 5 rings (SSSR count). The number of esters is 2. The maximum atomic E-state index is 12.5. The minimum absolute atomic E-state index is 0.119. The maximum absolute atomic E-state index is 12.5. The van der Waals surface area contributed by atoms with E-state index < -0.39 is 11.2 Å². The molecule has 0 aromatic rings. The average Bonchev–Trinajstić information content (AvgIpc) is 3.69. The van der Waals surface area contributed by atoms with E-state index in [2.05, 4.69) is 59.8 Å². The minimum atomic E-state index is -0.498. The molecule has 1 N–H and O–H groups in total. The summed E-state index contributed by atoms with van der Waals surface area (Å²) in [4.78, 5) is 24.1. The third kappa shape index (κ3) is 6.22. The molecular formula is C39H50O7. The summed E-state index contributed by atoms with van der Waals surface area (Å²) >= 11 is 0. The van der Waals surface area contributed by atoms with Gasteiger partial charge >= 0.3 is 11.9 Å². The Balaban J connectivity index is 1.15. The Morgan fingerprint density at radius 1 is 0.826 bits per heavy atom. The Kier molecular flexibility index (Phi) is 8.72. The molecule has 7 heteroatoms. The molecule has 0 spiro atoms. The molecule has 0 radical (unpaired) electrons. The van der Waals surface area contributed by atoms with Crippen LogP contribution in [-0.2, 0) is 28.5 Å². The van der Waals surface area contributed by atoms with Gasteiger partial charge in [-0.1, -0.05) is 75.8 Å². The number of carbonyl (C=O) groups is 2. The standard InChI is InChI=1S/C39H50O7/c1-26(16-18-38-35(6,7)24-32(43-28(3)40)25-37(38,9)46-38)14-12-10-11-13-15-27(2)20-31-21-29(33(42)44-31)17-19-39-34(4,5)22-30(41)23-36(39,8)45-39/h10-21,30,32,41H,22-25H2,1-9H3/b12-10+,13-11+,18-16+,19-17+,26-14+,27-15+,31-20-/t30-,32-,36+,37+,38-,39-/m0/s1. The number of cyclic esters (lactones) is 1. The van der Waals surface area contributed by atoms with E-state index in [-0.39, 0.29) is 46.2 Å². The monoisotopic (exact) mass is 630 g/mol. The van der Waals surface area contributed by atoms with Gasteiger partial charge in [-0.3, -0.25) is 4.79 Å². The lowest BCUT2D eigenvalue weighted by molar-refractivity contribution is -0.149. The van der Waals surface area contributed by atoms with E-state index in [9.17, 15) is 14.7 Å². The number of hydrogen-bond donors (Lipinski definition) is 1. The third-order valence-electron chi connectivity index (χ3n) is 10.6. The second-order valence-corrected chi connectivity index (χ2v) is 15.4. The van der Waals surface area contributed by atoms with Gasteiger partial charge in [0.2, 0.25) is 0 Å². The molecule has 2 saturated carbocycles. The Labute approximate surface area is 274 Å². The molecule has 3 aliphatic heterocycles. The van der Waals surface area contributed by atoms with Crippen LogP contribution in [0.3, 0.4) is 0 Å². The zero-order chi connectivity index (χ0) is 33.8. The lowest BCUT2D eigenvalue weighted by Gasteiger charge is -2.40. The molecular weight excluding hydrogens is 580 g/mol. The normalized spacial score (nSPS) is 39.2. The molecule has 5 aliphatic rings. The smallest absolute Gasteiger partial charge is 0.343 e. The van der Waals surface area contributed by atoms with Gasteiger partial charge in [-0.25, -0.2) is 4.79 Å². The van der Waals surface area contributed by atoms with Gasteiger partial charge in [0.15, 0.2) is 0 Å². The molecule has 0 unspecified atom stereocenters. The Morgan fingerprint density at radius 3 is 2.02 bits per heavy atom. The Morgan fingerprint density at radius 2 is 1.41 bits per heavy atom. The topological polar surface area (TPSA) is 97.9 Å². The largest absolute Gasteiger partial charge is 0.462 e. The molecule has 248 valence electrons. The molecule has 0 aromatic heterocycles. The summed E-state index contributed by atoms with van der Waals surface area (Å²) in [6.07, 6.45) is 25.7. The molecule has 0 aromatic carbocycles. The summed E-state index contributed by atoms with van der Waals surface area (Å²) < 4.78 is 23.5. The van der Waals surface area contributed by atoms with Crippen LogP contribution in [0.4, 0.5) is 0 Å². The van der Waals surface area contributed by atoms with Gasteiger partial charge in [-0.2, -0.15) is 0 Å². The molecule has 2 aliphatic carbocycles. The van der Waals surface area contributed by atoms with Crippen molar-refractivity contribution in [3.05, 3.63) is 95.4 Å². The summed E-state index contributed by atoms with van der Waals surface area (Å²) in [5.74, 6) is -0.123. The number of rotatable bonds is 9. The van der Waals surface area contributed by atoms with E-state index in [4.69, 9.17) is 18.9 Å². The molecule has 0 bridgehead atoms. The van der Waals surface area contributed by atoms with Crippen molar-refractivity contribution in [3.63, 3.8) is 0 Å². The molecule has 3 heterocycles. The van der Waals surface area contributed by atoms with Crippen LogP contribution < -0.4 is 0 Å². The SMILES string of the molecule is CC(=O)O[C@H]1CC(C)(C)[C@]2(/C=C/C(C)=C/C=C/C=C/C=C(C)/C=C3C=C(/C=C/[C@@]45O[C@]4(C)C[C@@H](O)CC5(C)C)C(=O)O/3)O[C@]2(C)C1. The third-order valence-corrected chi connectivity index (χ3v) is 10.6. The molecule has 2 saturated heterocycles. The van der Waals surface area contributed by atoms with Crippen LogP contribution in [0.15, 0.2) is 95.4 Å². The van der Waals surface area contributed by atoms with Gasteiger partial charge in [0.1, 0.15) is 34.3 Å². The van der Waals surface area contributed by atoms with Crippen LogP contribution in [0, 0.1) is 10.8 Å². The van der Waals surface area contributed by atoms with Crippen molar-refractivity contribution < 1.29 is 33.6 Å². The summed E-state index contributed by atoms with van der Waals surface area (Å²) in [5.41, 5.74) is 0.506. The number of allylic oxidation sites excluding steroid dienone is 11. The van der Waals surface area contributed by atoms with Crippen molar-refractivity contribution in [3.8, 4) is 0 Å². The van der Waals surface area contributed by atoms with Crippen LogP contribution in [0.25, 0.3) is 0 Å². The fourth-order valence-electron chi connectivity index (χ4n) is 8.36. The van der Waals surface area contributed by atoms with Crippen LogP contribution in [0.5, 0.6) is 0 Å². The van der Waals surface area contributed by atoms with Crippen molar-refractivity contribution in [2.45, 2.75) is 123 Å². The number of aliphatic hydroxyl groups is 1. The van der Waals surface area contributed by atoms with Gasteiger partial charge in [0, 0.05) is 30.6 Å². The molecule has 6 atom stereocenters. The summed E-state index contributed by atoms with van der Waals surface area (Å²) in [6, 6.07) is 0. The number of ether oxygens (including phenoxy) is 4. The van der Waals surface area contributed by atoms with Gasteiger partial charge in [-0.05, 0) is 76.5 Å². The van der Waals surface area contributed by atoms with Crippen LogP contribution in [0.2, 0.25) is 0 Å². The lowest BCUT2D eigenvalue weighted by atomic mass is 9.63. The van der Waals surface area contributed by atoms with Crippen molar-refractivity contribution in [1.82, 2.24) is 0 Å². The first-order valence-corrected chi connectivity index (χ1v) is 16.3. The first-order chi connectivity index (χ1) is 21.4. The molecule has 7 nitrogen and oxygen atoms in total. The van der Waals surface area contributed by atoms with Crippen molar-refractivity contribution in [2.75, 3.05) is 0 Å². The van der Waals surface area contributed by atoms with Gasteiger partial charge in [0.25, 0.3) is 0 Å². The highest BCUT2D eigenvalue weighted by Crippen LogP contribution is 2.67. The van der Waals surface area contributed by atoms with E-state index in [0.29, 0.717) is 30.6 Å². The second kappa shape index (κ2) is 11.8. The fraction of sp³-hybridized carbons (Fsp3) is 0.538. The van der Waals surface area contributed by atoms with E-state index in [1.54, 1.807) is 12.2 Å².